The zero-order chi connectivity index (χ0) is 20.2. The third-order valence-corrected chi connectivity index (χ3v) is 5.15. The van der Waals surface area contributed by atoms with Crippen molar-refractivity contribution in [2.24, 2.45) is 15.6 Å². The Balaban J connectivity index is 1.98. The lowest BCUT2D eigenvalue weighted by Gasteiger charge is -2.16. The van der Waals surface area contributed by atoms with Crippen molar-refractivity contribution in [3.05, 3.63) is 29.8 Å². The molecule has 1 unspecified atom stereocenters. The molecule has 8 heteroatoms. The van der Waals surface area contributed by atoms with E-state index in [1.54, 1.807) is 24.3 Å². The van der Waals surface area contributed by atoms with E-state index in [4.69, 9.17) is 0 Å². The highest BCUT2D eigenvalue weighted by Crippen LogP contribution is 2.24. The first kappa shape index (κ1) is 20.8. The van der Waals surface area contributed by atoms with E-state index in [2.05, 4.69) is 20.8 Å². The Morgan fingerprint density at radius 2 is 1.96 bits per heavy atom. The molecule has 1 aliphatic rings. The first-order valence-electron chi connectivity index (χ1n) is 8.57. The molecule has 1 aromatic carbocycles. The summed E-state index contributed by atoms with van der Waals surface area (Å²) in [7, 11) is 0. The fourth-order valence-electron chi connectivity index (χ4n) is 2.05. The predicted molar refractivity (Wildman–Crippen MR) is 109 cm³/mol. The maximum absolute atomic E-state index is 12.2. The van der Waals surface area contributed by atoms with E-state index in [9.17, 15) is 14.4 Å². The number of hydrogen-bond donors (Lipinski definition) is 2. The number of hydrogen-bond acceptors (Lipinski definition) is 6. The van der Waals surface area contributed by atoms with E-state index in [0.29, 0.717) is 16.4 Å². The first-order valence-corrected chi connectivity index (χ1v) is 9.45. The Bertz CT molecular complexity index is 824. The van der Waals surface area contributed by atoms with Crippen LogP contribution in [0.4, 0.5) is 5.69 Å². The third kappa shape index (κ3) is 6.02. The Hall–Kier alpha value is -2.48. The molecular weight excluding hydrogens is 364 g/mol. The molecule has 2 rings (SSSR count). The van der Waals surface area contributed by atoms with Crippen LogP contribution in [0.15, 0.2) is 34.5 Å². The van der Waals surface area contributed by atoms with Crippen LogP contribution < -0.4 is 10.6 Å². The highest BCUT2D eigenvalue weighted by molar-refractivity contribution is 8.15. The summed E-state index contributed by atoms with van der Waals surface area (Å²) in [6.07, 6.45) is 0.00177. The number of carbonyl (C=O) groups excluding carboxylic acids is 3. The number of Topliss-reactive ketones (excluding diaryl/α,β-unsaturated/α-hetero) is 1. The second-order valence-corrected chi connectivity index (χ2v) is 8.52. The highest BCUT2D eigenvalue weighted by atomic mass is 32.2. The molecular formula is C19H24N4O3S. The maximum Gasteiger partial charge on any atom is 0.240 e. The Morgan fingerprint density at radius 3 is 2.59 bits per heavy atom. The molecule has 27 heavy (non-hydrogen) atoms. The van der Waals surface area contributed by atoms with Crippen LogP contribution in [0.5, 0.6) is 0 Å². The second-order valence-electron chi connectivity index (χ2n) is 7.33. The van der Waals surface area contributed by atoms with Gasteiger partial charge in [-0.05, 0) is 26.0 Å². The van der Waals surface area contributed by atoms with Gasteiger partial charge in [0.15, 0.2) is 11.0 Å². The molecule has 0 radical (unpaired) electrons. The molecule has 2 N–H and O–H groups in total. The number of nitrogens with one attached hydrogen (secondary N) is 2. The Morgan fingerprint density at radius 1 is 1.26 bits per heavy atom. The van der Waals surface area contributed by atoms with Crippen molar-refractivity contribution in [1.29, 1.82) is 0 Å². The molecule has 1 saturated heterocycles. The summed E-state index contributed by atoms with van der Waals surface area (Å²) < 4.78 is 0. The Labute approximate surface area is 163 Å². The van der Waals surface area contributed by atoms with Gasteiger partial charge in [-0.3, -0.25) is 14.4 Å². The predicted octanol–water partition coefficient (Wildman–Crippen LogP) is 3.23. The number of ketones is 1. The van der Waals surface area contributed by atoms with E-state index in [0.717, 1.165) is 5.71 Å². The van der Waals surface area contributed by atoms with Gasteiger partial charge in [-0.1, -0.05) is 44.7 Å². The van der Waals surface area contributed by atoms with Gasteiger partial charge in [0, 0.05) is 28.8 Å². The van der Waals surface area contributed by atoms with Gasteiger partial charge >= 0.3 is 0 Å². The molecule has 0 aliphatic carbocycles. The minimum absolute atomic E-state index is 0.00177. The molecule has 1 aromatic rings. The van der Waals surface area contributed by atoms with Gasteiger partial charge in [0.05, 0.1) is 0 Å². The van der Waals surface area contributed by atoms with Gasteiger partial charge in [0.2, 0.25) is 11.8 Å². The molecule has 7 nitrogen and oxygen atoms in total. The van der Waals surface area contributed by atoms with E-state index >= 15 is 0 Å². The van der Waals surface area contributed by atoms with E-state index in [1.165, 1.54) is 18.7 Å². The summed E-state index contributed by atoms with van der Waals surface area (Å²) in [5, 5.41) is 13.4. The van der Waals surface area contributed by atoms with Gasteiger partial charge in [-0.15, -0.1) is 5.10 Å². The number of thioether (sulfide) groups is 1. The molecule has 1 heterocycles. The van der Waals surface area contributed by atoms with Crippen molar-refractivity contribution < 1.29 is 14.4 Å². The van der Waals surface area contributed by atoms with Crippen LogP contribution >= 0.6 is 11.8 Å². The van der Waals surface area contributed by atoms with Crippen molar-refractivity contribution in [3.63, 3.8) is 0 Å². The molecule has 0 aromatic heterocycles. The Kier molecular flexibility index (Phi) is 6.54. The minimum atomic E-state index is -0.565. The largest absolute Gasteiger partial charge is 0.326 e. The standard InChI is InChI=1S/C19H24N4O3S/c1-11(24)13-7-6-8-14(9-13)20-16(25)10-15-17(26)21-18(27-15)23-22-12(2)19(3,4)5/h6-9,15H,10H2,1-5H3,(H,20,25)(H,21,23,26). The number of benzene rings is 1. The molecule has 0 spiro atoms. The van der Waals surface area contributed by atoms with Gasteiger partial charge < -0.3 is 10.6 Å². The zero-order valence-electron chi connectivity index (χ0n) is 16.1. The number of nitrogens with zero attached hydrogens (tertiary/aromatic N) is 2. The average Bonchev–Trinajstić information content (AvgIpc) is 2.91. The lowest BCUT2D eigenvalue weighted by atomic mass is 9.91. The van der Waals surface area contributed by atoms with Crippen molar-refractivity contribution in [2.45, 2.75) is 46.3 Å². The topological polar surface area (TPSA) is 100.0 Å². The van der Waals surface area contributed by atoms with Gasteiger partial charge in [-0.25, -0.2) is 0 Å². The van der Waals surface area contributed by atoms with E-state index in [1.807, 2.05) is 27.7 Å². The summed E-state index contributed by atoms with van der Waals surface area (Å²) >= 11 is 1.19. The van der Waals surface area contributed by atoms with Crippen LogP contribution in [-0.4, -0.2) is 33.7 Å². The van der Waals surface area contributed by atoms with E-state index in [-0.39, 0.29) is 29.4 Å². The number of amidine groups is 1. The van der Waals surface area contributed by atoms with Crippen molar-refractivity contribution in [3.8, 4) is 0 Å². The lowest BCUT2D eigenvalue weighted by Crippen LogP contribution is -2.28. The average molecular weight is 388 g/mol. The second kappa shape index (κ2) is 8.47. The normalized spacial score (nSPS) is 19.1. The maximum atomic E-state index is 12.2. The number of rotatable bonds is 5. The van der Waals surface area contributed by atoms with Gasteiger partial charge in [0.1, 0.15) is 5.25 Å². The molecule has 0 saturated carbocycles. The first-order chi connectivity index (χ1) is 12.6. The van der Waals surface area contributed by atoms with Crippen molar-refractivity contribution in [1.82, 2.24) is 5.32 Å². The van der Waals surface area contributed by atoms with Crippen LogP contribution in [0.1, 0.15) is 51.4 Å². The summed E-state index contributed by atoms with van der Waals surface area (Å²) in [5.74, 6) is -0.655. The minimum Gasteiger partial charge on any atom is -0.326 e. The van der Waals surface area contributed by atoms with Crippen molar-refractivity contribution in [2.75, 3.05) is 5.32 Å². The molecule has 1 aliphatic heterocycles. The fourth-order valence-corrected chi connectivity index (χ4v) is 2.97. The lowest BCUT2D eigenvalue weighted by molar-refractivity contribution is -0.122. The van der Waals surface area contributed by atoms with Crippen LogP contribution in [-0.2, 0) is 9.59 Å². The third-order valence-electron chi connectivity index (χ3n) is 4.08. The number of amides is 2. The summed E-state index contributed by atoms with van der Waals surface area (Å²) in [4.78, 5) is 35.7. The molecule has 0 bridgehead atoms. The number of carbonyl (C=O) groups is 3. The summed E-state index contributed by atoms with van der Waals surface area (Å²) in [5.41, 5.74) is 1.78. The monoisotopic (exact) mass is 388 g/mol. The molecule has 1 fully saturated rings. The SMILES string of the molecule is CC(=O)c1cccc(NC(=O)CC2S/C(=N\N=C(C)C(C)(C)C)NC2=O)c1. The molecule has 144 valence electrons. The van der Waals surface area contributed by atoms with Crippen LogP contribution in [0.3, 0.4) is 0 Å². The van der Waals surface area contributed by atoms with Crippen LogP contribution in [0, 0.1) is 5.41 Å². The summed E-state index contributed by atoms with van der Waals surface area (Å²) in [6, 6.07) is 6.69. The van der Waals surface area contributed by atoms with Gasteiger partial charge in [0.25, 0.3) is 0 Å². The van der Waals surface area contributed by atoms with Crippen LogP contribution in [0.2, 0.25) is 0 Å². The van der Waals surface area contributed by atoms with Crippen molar-refractivity contribution >= 4 is 45.9 Å². The quantitative estimate of drug-likeness (QED) is 0.459. The number of anilines is 1. The molecule has 2 amide bonds. The highest BCUT2D eigenvalue weighted by Gasteiger charge is 2.32. The molecule has 1 atom stereocenters. The smallest absolute Gasteiger partial charge is 0.240 e. The van der Waals surface area contributed by atoms with Gasteiger partial charge in [-0.2, -0.15) is 5.10 Å². The van der Waals surface area contributed by atoms with Crippen LogP contribution in [0.25, 0.3) is 0 Å². The summed E-state index contributed by atoms with van der Waals surface area (Å²) in [6.45, 7) is 9.43. The van der Waals surface area contributed by atoms with E-state index < -0.39 is 5.25 Å². The fraction of sp³-hybridized carbons (Fsp3) is 0.421. The zero-order valence-corrected chi connectivity index (χ0v) is 16.9.